The largest absolute Gasteiger partial charge is 0.356 e. The second-order valence-electron chi connectivity index (χ2n) is 6.63. The van der Waals surface area contributed by atoms with Crippen molar-refractivity contribution in [2.24, 2.45) is 11.8 Å². The second kappa shape index (κ2) is 7.60. The third kappa shape index (κ3) is 5.50. The third-order valence-corrected chi connectivity index (χ3v) is 3.95. The zero-order chi connectivity index (χ0) is 15.2. The molecule has 0 heterocycles. The summed E-state index contributed by atoms with van der Waals surface area (Å²) in [5.41, 5.74) is 2.65. The van der Waals surface area contributed by atoms with Gasteiger partial charge in [-0.2, -0.15) is 0 Å². The van der Waals surface area contributed by atoms with Crippen molar-refractivity contribution < 1.29 is 4.79 Å². The lowest BCUT2D eigenvalue weighted by atomic mass is 10.0. The van der Waals surface area contributed by atoms with Crippen LogP contribution in [0, 0.1) is 18.8 Å². The predicted octanol–water partition coefficient (Wildman–Crippen LogP) is 3.20. The average Bonchev–Trinajstić information content (AvgIpc) is 3.27. The first-order chi connectivity index (χ1) is 10.1. The maximum atomic E-state index is 11.7. The fraction of sp³-hybridized carbons (Fsp3) is 0.611. The molecule has 3 nitrogen and oxygen atoms in total. The molecule has 1 amide bonds. The van der Waals surface area contributed by atoms with Crippen LogP contribution in [0.15, 0.2) is 24.3 Å². The van der Waals surface area contributed by atoms with E-state index in [4.69, 9.17) is 0 Å². The van der Waals surface area contributed by atoms with Crippen LogP contribution in [0.4, 0.5) is 0 Å². The van der Waals surface area contributed by atoms with Crippen LogP contribution in [-0.2, 0) is 4.79 Å². The molecule has 1 aromatic rings. The fourth-order valence-corrected chi connectivity index (χ4v) is 2.51. The number of carbonyl (C=O) groups is 1. The number of aryl methyl sites for hydroxylation is 1. The Hall–Kier alpha value is -1.35. The van der Waals surface area contributed by atoms with Crippen molar-refractivity contribution in [1.82, 2.24) is 10.6 Å². The van der Waals surface area contributed by atoms with Crippen LogP contribution < -0.4 is 10.6 Å². The van der Waals surface area contributed by atoms with Crippen molar-refractivity contribution >= 4 is 5.91 Å². The molecule has 1 aromatic carbocycles. The topological polar surface area (TPSA) is 41.1 Å². The van der Waals surface area contributed by atoms with Gasteiger partial charge in [0.25, 0.3) is 0 Å². The Morgan fingerprint density at radius 1 is 1.24 bits per heavy atom. The molecule has 1 aliphatic rings. The van der Waals surface area contributed by atoms with Gasteiger partial charge < -0.3 is 10.6 Å². The van der Waals surface area contributed by atoms with Gasteiger partial charge in [-0.25, -0.2) is 0 Å². The number of nitrogens with one attached hydrogen (secondary N) is 2. The van der Waals surface area contributed by atoms with Gasteiger partial charge in [0, 0.05) is 25.6 Å². The van der Waals surface area contributed by atoms with Crippen molar-refractivity contribution in [1.29, 1.82) is 0 Å². The molecule has 0 radical (unpaired) electrons. The van der Waals surface area contributed by atoms with Crippen molar-refractivity contribution in [3.63, 3.8) is 0 Å². The molecule has 3 heteroatoms. The number of amides is 1. The number of hydrogen-bond donors (Lipinski definition) is 2. The predicted molar refractivity (Wildman–Crippen MR) is 87.1 cm³/mol. The highest BCUT2D eigenvalue weighted by atomic mass is 16.1. The van der Waals surface area contributed by atoms with E-state index in [0.29, 0.717) is 18.4 Å². The molecule has 0 saturated heterocycles. The van der Waals surface area contributed by atoms with Crippen LogP contribution in [0.25, 0.3) is 0 Å². The van der Waals surface area contributed by atoms with E-state index in [2.05, 4.69) is 55.7 Å². The van der Waals surface area contributed by atoms with E-state index in [1.54, 1.807) is 0 Å². The summed E-state index contributed by atoms with van der Waals surface area (Å²) >= 11 is 0. The van der Waals surface area contributed by atoms with Crippen molar-refractivity contribution in [2.75, 3.05) is 13.1 Å². The Morgan fingerprint density at radius 3 is 2.48 bits per heavy atom. The highest BCUT2D eigenvalue weighted by Gasteiger charge is 2.31. The van der Waals surface area contributed by atoms with E-state index in [0.717, 1.165) is 19.0 Å². The summed E-state index contributed by atoms with van der Waals surface area (Å²) in [5.74, 6) is 1.40. The summed E-state index contributed by atoms with van der Waals surface area (Å²) < 4.78 is 0. The Bertz CT molecular complexity index is 449. The highest BCUT2D eigenvalue weighted by Crippen LogP contribution is 2.40. The van der Waals surface area contributed by atoms with Gasteiger partial charge in [-0.05, 0) is 37.2 Å². The summed E-state index contributed by atoms with van der Waals surface area (Å²) in [4.78, 5) is 11.7. The molecule has 116 valence electrons. The zero-order valence-corrected chi connectivity index (χ0v) is 13.5. The molecule has 1 fully saturated rings. The molecule has 1 unspecified atom stereocenters. The smallest absolute Gasteiger partial charge is 0.221 e. The van der Waals surface area contributed by atoms with Gasteiger partial charge in [-0.15, -0.1) is 0 Å². The molecule has 1 aliphatic carbocycles. The van der Waals surface area contributed by atoms with E-state index < -0.39 is 0 Å². The van der Waals surface area contributed by atoms with Gasteiger partial charge >= 0.3 is 0 Å². The van der Waals surface area contributed by atoms with Crippen molar-refractivity contribution in [3.05, 3.63) is 35.4 Å². The number of rotatable bonds is 8. The Kier molecular flexibility index (Phi) is 5.80. The van der Waals surface area contributed by atoms with E-state index in [1.165, 1.54) is 24.0 Å². The van der Waals surface area contributed by atoms with Gasteiger partial charge in [0.05, 0.1) is 0 Å². The monoisotopic (exact) mass is 288 g/mol. The maximum absolute atomic E-state index is 11.7. The zero-order valence-electron chi connectivity index (χ0n) is 13.5. The molecule has 1 saturated carbocycles. The quantitative estimate of drug-likeness (QED) is 0.771. The molecule has 0 aromatic heterocycles. The van der Waals surface area contributed by atoms with E-state index in [9.17, 15) is 4.79 Å². The number of carbonyl (C=O) groups excluding carboxylic acids is 1. The Morgan fingerprint density at radius 2 is 1.90 bits per heavy atom. The maximum Gasteiger partial charge on any atom is 0.221 e. The van der Waals surface area contributed by atoms with Gasteiger partial charge in [0.2, 0.25) is 5.91 Å². The van der Waals surface area contributed by atoms with Crippen LogP contribution in [0.2, 0.25) is 0 Å². The minimum Gasteiger partial charge on any atom is -0.356 e. The van der Waals surface area contributed by atoms with Crippen LogP contribution >= 0.6 is 0 Å². The van der Waals surface area contributed by atoms with E-state index >= 15 is 0 Å². The van der Waals surface area contributed by atoms with Crippen LogP contribution in [0.5, 0.6) is 0 Å². The molecule has 1 atom stereocenters. The van der Waals surface area contributed by atoms with E-state index in [1.807, 2.05) is 0 Å². The van der Waals surface area contributed by atoms with Gasteiger partial charge in [0.1, 0.15) is 0 Å². The Labute approximate surface area is 128 Å². The highest BCUT2D eigenvalue weighted by molar-refractivity contribution is 5.76. The SMILES string of the molecule is Cc1ccc(C(NCCC(=O)NCC(C)C)C2CC2)cc1. The molecule has 0 bridgehead atoms. The Balaban J connectivity index is 1.79. The minimum absolute atomic E-state index is 0.148. The summed E-state index contributed by atoms with van der Waals surface area (Å²) in [6.45, 7) is 7.85. The number of benzene rings is 1. The molecule has 0 spiro atoms. The summed E-state index contributed by atoms with van der Waals surface area (Å²) in [7, 11) is 0. The second-order valence-corrected chi connectivity index (χ2v) is 6.63. The molecule has 21 heavy (non-hydrogen) atoms. The van der Waals surface area contributed by atoms with Gasteiger partial charge in [0.15, 0.2) is 0 Å². The minimum atomic E-state index is 0.148. The first-order valence-electron chi connectivity index (χ1n) is 8.13. The average molecular weight is 288 g/mol. The normalized spacial score (nSPS) is 16.0. The number of hydrogen-bond acceptors (Lipinski definition) is 2. The molecule has 2 N–H and O–H groups in total. The lowest BCUT2D eigenvalue weighted by molar-refractivity contribution is -0.121. The van der Waals surface area contributed by atoms with Crippen molar-refractivity contribution in [3.8, 4) is 0 Å². The van der Waals surface area contributed by atoms with Gasteiger partial charge in [-0.1, -0.05) is 43.7 Å². The molecular formula is C18H28N2O. The molecular weight excluding hydrogens is 260 g/mol. The lowest BCUT2D eigenvalue weighted by Gasteiger charge is -2.19. The summed E-state index contributed by atoms with van der Waals surface area (Å²) in [6.07, 6.45) is 3.15. The van der Waals surface area contributed by atoms with E-state index in [-0.39, 0.29) is 5.91 Å². The van der Waals surface area contributed by atoms with Crippen LogP contribution in [0.1, 0.15) is 50.3 Å². The first kappa shape index (κ1) is 16.0. The third-order valence-electron chi connectivity index (χ3n) is 3.95. The van der Waals surface area contributed by atoms with Crippen LogP contribution in [0.3, 0.4) is 0 Å². The first-order valence-corrected chi connectivity index (χ1v) is 8.13. The summed E-state index contributed by atoms with van der Waals surface area (Å²) in [6, 6.07) is 9.17. The van der Waals surface area contributed by atoms with Crippen LogP contribution in [-0.4, -0.2) is 19.0 Å². The summed E-state index contributed by atoms with van der Waals surface area (Å²) in [5, 5.41) is 6.54. The van der Waals surface area contributed by atoms with Crippen molar-refractivity contribution in [2.45, 2.75) is 46.1 Å². The molecule has 0 aliphatic heterocycles. The fourth-order valence-electron chi connectivity index (χ4n) is 2.51. The standard InChI is InChI=1S/C18H28N2O/c1-13(2)12-20-17(21)10-11-19-18(16-8-9-16)15-6-4-14(3)5-7-15/h4-7,13,16,18-19H,8-12H2,1-3H3,(H,20,21). The van der Waals surface area contributed by atoms with Gasteiger partial charge in [-0.3, -0.25) is 4.79 Å². The molecule has 2 rings (SSSR count). The lowest BCUT2D eigenvalue weighted by Crippen LogP contribution is -2.32.